The number of hydrogen-bond acceptors (Lipinski definition) is 5. The number of benzene rings is 1. The highest BCUT2D eigenvalue weighted by Gasteiger charge is 2.34. The lowest BCUT2D eigenvalue weighted by Crippen LogP contribution is -2.39. The summed E-state index contributed by atoms with van der Waals surface area (Å²) in [5.74, 6) is -0.635. The molecule has 1 aromatic carbocycles. The quantitative estimate of drug-likeness (QED) is 0.820. The molecule has 3 N–H and O–H groups in total. The van der Waals surface area contributed by atoms with Gasteiger partial charge in [-0.1, -0.05) is 12.5 Å². The smallest absolute Gasteiger partial charge is 0.242 e. The summed E-state index contributed by atoms with van der Waals surface area (Å²) >= 11 is 0. The fraction of sp³-hybridized carbons (Fsp3) is 0.417. The molecule has 1 aromatic rings. The number of sulfone groups is 1. The van der Waals surface area contributed by atoms with E-state index in [0.717, 1.165) is 0 Å². The summed E-state index contributed by atoms with van der Waals surface area (Å²) < 4.78 is 46.2. The van der Waals surface area contributed by atoms with Gasteiger partial charge in [0.25, 0.3) is 0 Å². The minimum atomic E-state index is -3.88. The monoisotopic (exact) mass is 332 g/mol. The van der Waals surface area contributed by atoms with Crippen molar-refractivity contribution in [1.29, 1.82) is 0 Å². The first-order valence-corrected chi connectivity index (χ1v) is 9.62. The van der Waals surface area contributed by atoms with Crippen LogP contribution in [-0.2, 0) is 24.7 Å². The largest absolute Gasteiger partial charge is 0.325 e. The van der Waals surface area contributed by atoms with Gasteiger partial charge in [-0.15, -0.1) is 0 Å². The van der Waals surface area contributed by atoms with Gasteiger partial charge in [0.2, 0.25) is 15.9 Å². The van der Waals surface area contributed by atoms with E-state index < -0.39 is 31.0 Å². The molecule has 1 saturated heterocycles. The summed E-state index contributed by atoms with van der Waals surface area (Å²) in [6.07, 6.45) is 1.52. The van der Waals surface area contributed by atoms with E-state index in [1.54, 1.807) is 0 Å². The molecule has 0 aromatic heterocycles. The van der Waals surface area contributed by atoms with Crippen molar-refractivity contribution in [1.82, 2.24) is 0 Å². The third-order valence-corrected chi connectivity index (χ3v) is 6.39. The molecule has 1 atom stereocenters. The lowest BCUT2D eigenvalue weighted by atomic mass is 10.2. The van der Waals surface area contributed by atoms with Crippen LogP contribution in [0.4, 0.5) is 5.69 Å². The Morgan fingerprint density at radius 3 is 2.62 bits per heavy atom. The third kappa shape index (κ3) is 3.80. The van der Waals surface area contributed by atoms with Gasteiger partial charge >= 0.3 is 0 Å². The van der Waals surface area contributed by atoms with E-state index in [9.17, 15) is 21.6 Å². The Morgan fingerprint density at radius 1 is 1.29 bits per heavy atom. The van der Waals surface area contributed by atoms with Crippen molar-refractivity contribution >= 4 is 31.5 Å². The number of rotatable bonds is 3. The van der Waals surface area contributed by atoms with Crippen molar-refractivity contribution < 1.29 is 21.6 Å². The zero-order valence-corrected chi connectivity index (χ0v) is 12.8. The van der Waals surface area contributed by atoms with Crippen LogP contribution < -0.4 is 10.5 Å². The van der Waals surface area contributed by atoms with Crippen LogP contribution in [0, 0.1) is 0 Å². The van der Waals surface area contributed by atoms with E-state index in [0.29, 0.717) is 12.8 Å². The Labute approximate surface area is 123 Å². The number of carbonyl (C=O) groups is 1. The maximum Gasteiger partial charge on any atom is 0.242 e. The van der Waals surface area contributed by atoms with Crippen LogP contribution in [0.25, 0.3) is 0 Å². The average Bonchev–Trinajstić information content (AvgIpc) is 2.37. The van der Waals surface area contributed by atoms with Gasteiger partial charge in [-0.05, 0) is 31.0 Å². The molecule has 2 rings (SSSR count). The fourth-order valence-electron chi connectivity index (χ4n) is 2.22. The molecule has 0 radical (unpaired) electrons. The van der Waals surface area contributed by atoms with Crippen LogP contribution in [0.3, 0.4) is 0 Å². The maximum absolute atomic E-state index is 12.1. The topological polar surface area (TPSA) is 123 Å². The summed E-state index contributed by atoms with van der Waals surface area (Å²) in [6.45, 7) is 0. The average molecular weight is 332 g/mol. The molecule has 0 aliphatic carbocycles. The molecule has 0 saturated carbocycles. The molecule has 1 aliphatic heterocycles. The first-order valence-electron chi connectivity index (χ1n) is 6.35. The third-order valence-electron chi connectivity index (χ3n) is 3.30. The van der Waals surface area contributed by atoms with Crippen molar-refractivity contribution in [2.45, 2.75) is 29.4 Å². The van der Waals surface area contributed by atoms with Gasteiger partial charge in [0, 0.05) is 5.69 Å². The van der Waals surface area contributed by atoms with Crippen LogP contribution in [0.15, 0.2) is 29.2 Å². The maximum atomic E-state index is 12.1. The van der Waals surface area contributed by atoms with Gasteiger partial charge in [0.05, 0.1) is 10.6 Å². The summed E-state index contributed by atoms with van der Waals surface area (Å²) in [5.41, 5.74) is 0.201. The fourth-order valence-corrected chi connectivity index (χ4v) is 4.58. The summed E-state index contributed by atoms with van der Waals surface area (Å²) in [7, 11) is -7.31. The van der Waals surface area contributed by atoms with E-state index in [-0.39, 0.29) is 22.8 Å². The number of hydrogen-bond donors (Lipinski definition) is 2. The molecular formula is C12H16N2O5S2. The molecule has 7 nitrogen and oxygen atoms in total. The lowest BCUT2D eigenvalue weighted by molar-refractivity contribution is -0.116. The second kappa shape index (κ2) is 5.74. The summed E-state index contributed by atoms with van der Waals surface area (Å²) in [4.78, 5) is 11.9. The van der Waals surface area contributed by atoms with E-state index in [4.69, 9.17) is 5.14 Å². The van der Waals surface area contributed by atoms with Crippen LogP contribution in [-0.4, -0.2) is 33.7 Å². The number of sulfonamides is 1. The number of primary sulfonamides is 1. The van der Waals surface area contributed by atoms with Crippen molar-refractivity contribution in [2.75, 3.05) is 11.1 Å². The molecular weight excluding hydrogens is 316 g/mol. The van der Waals surface area contributed by atoms with Gasteiger partial charge in [-0.25, -0.2) is 22.0 Å². The Balaban J connectivity index is 2.20. The molecule has 1 amide bonds. The Kier molecular flexibility index (Phi) is 4.35. The van der Waals surface area contributed by atoms with E-state index in [1.165, 1.54) is 24.3 Å². The van der Waals surface area contributed by atoms with Crippen molar-refractivity contribution in [3.63, 3.8) is 0 Å². The van der Waals surface area contributed by atoms with Gasteiger partial charge < -0.3 is 5.32 Å². The summed E-state index contributed by atoms with van der Waals surface area (Å²) in [6, 6.07) is 5.39. The number of anilines is 1. The molecule has 1 aliphatic rings. The highest BCUT2D eigenvalue weighted by Crippen LogP contribution is 2.22. The van der Waals surface area contributed by atoms with Gasteiger partial charge in [-0.2, -0.15) is 0 Å². The molecule has 9 heteroatoms. The Morgan fingerprint density at radius 2 is 2.00 bits per heavy atom. The predicted octanol–water partition coefficient (Wildman–Crippen LogP) is 0.240. The molecule has 0 spiro atoms. The predicted molar refractivity (Wildman–Crippen MR) is 77.9 cm³/mol. The second-order valence-corrected chi connectivity index (χ2v) is 8.78. The number of amides is 1. The van der Waals surface area contributed by atoms with Crippen molar-refractivity contribution in [3.8, 4) is 0 Å². The number of nitrogens with two attached hydrogens (primary N) is 1. The first-order chi connectivity index (χ1) is 9.70. The highest BCUT2D eigenvalue weighted by molar-refractivity contribution is 7.92. The van der Waals surface area contributed by atoms with Gasteiger partial charge in [-0.3, -0.25) is 4.79 Å². The van der Waals surface area contributed by atoms with E-state index in [2.05, 4.69) is 5.32 Å². The zero-order valence-electron chi connectivity index (χ0n) is 11.2. The highest BCUT2D eigenvalue weighted by atomic mass is 32.2. The molecule has 0 bridgehead atoms. The Bertz CT molecular complexity index is 756. The van der Waals surface area contributed by atoms with Gasteiger partial charge in [0.15, 0.2) is 9.84 Å². The Hall–Kier alpha value is -1.45. The normalized spacial score (nSPS) is 21.7. The SMILES string of the molecule is NS(=O)(=O)c1cccc(NC(=O)C2CCCCS2(=O)=O)c1. The van der Waals surface area contributed by atoms with Crippen LogP contribution in [0.2, 0.25) is 0 Å². The standard InChI is InChI=1S/C12H16N2O5S2/c13-21(18,19)10-5-3-4-9(8-10)14-12(15)11-6-1-2-7-20(11,16)17/h3-5,8,11H,1-2,6-7H2,(H,14,15)(H2,13,18,19). The zero-order chi connectivity index (χ0) is 15.7. The molecule has 116 valence electrons. The van der Waals surface area contributed by atoms with Crippen molar-refractivity contribution in [2.24, 2.45) is 5.14 Å². The molecule has 1 fully saturated rings. The molecule has 21 heavy (non-hydrogen) atoms. The van der Waals surface area contributed by atoms with Crippen LogP contribution >= 0.6 is 0 Å². The van der Waals surface area contributed by atoms with Crippen molar-refractivity contribution in [3.05, 3.63) is 24.3 Å². The molecule has 1 unspecified atom stereocenters. The minimum Gasteiger partial charge on any atom is -0.325 e. The van der Waals surface area contributed by atoms with Crippen LogP contribution in [0.5, 0.6) is 0 Å². The summed E-state index contributed by atoms with van der Waals surface area (Å²) in [5, 5.41) is 6.37. The van der Waals surface area contributed by atoms with Gasteiger partial charge in [0.1, 0.15) is 5.25 Å². The van der Waals surface area contributed by atoms with Crippen LogP contribution in [0.1, 0.15) is 19.3 Å². The van der Waals surface area contributed by atoms with E-state index in [1.807, 2.05) is 0 Å². The minimum absolute atomic E-state index is 0.00229. The number of nitrogens with one attached hydrogen (secondary N) is 1. The van der Waals surface area contributed by atoms with E-state index >= 15 is 0 Å². The first kappa shape index (κ1) is 15.9. The molecule has 1 heterocycles. The number of carbonyl (C=O) groups excluding carboxylic acids is 1. The second-order valence-electron chi connectivity index (χ2n) is 4.91. The lowest BCUT2D eigenvalue weighted by Gasteiger charge is -2.21.